The van der Waals surface area contributed by atoms with Crippen LogP contribution < -0.4 is 10.5 Å². The molecule has 0 radical (unpaired) electrons. The third kappa shape index (κ3) is 2.96. The highest BCUT2D eigenvalue weighted by atomic mass is 35.5. The van der Waals surface area contributed by atoms with Crippen LogP contribution in [0.3, 0.4) is 0 Å². The zero-order valence-electron chi connectivity index (χ0n) is 10.4. The molecular formula is C13H16ClN3O. The molecule has 1 aromatic heterocycles. The Hall–Kier alpha value is -1.68. The van der Waals surface area contributed by atoms with Gasteiger partial charge in [0.15, 0.2) is 0 Å². The summed E-state index contributed by atoms with van der Waals surface area (Å²) in [5.74, 6) is 1.33. The Kier molecular flexibility index (Phi) is 3.77. The predicted octanol–water partition coefficient (Wildman–Crippen LogP) is 2.95. The van der Waals surface area contributed by atoms with Gasteiger partial charge in [-0.15, -0.1) is 0 Å². The molecule has 0 aliphatic carbocycles. The Morgan fingerprint density at radius 3 is 2.83 bits per heavy atom. The van der Waals surface area contributed by atoms with Crippen molar-refractivity contribution in [3.8, 4) is 5.75 Å². The van der Waals surface area contributed by atoms with Crippen molar-refractivity contribution in [2.24, 2.45) is 0 Å². The molecular weight excluding hydrogens is 250 g/mol. The lowest BCUT2D eigenvalue weighted by molar-refractivity contribution is 0.242. The van der Waals surface area contributed by atoms with E-state index in [0.29, 0.717) is 17.4 Å². The maximum absolute atomic E-state index is 5.86. The molecule has 96 valence electrons. The Labute approximate surface area is 111 Å². The fourth-order valence-corrected chi connectivity index (χ4v) is 1.80. The van der Waals surface area contributed by atoms with Crippen LogP contribution in [-0.4, -0.2) is 15.9 Å². The summed E-state index contributed by atoms with van der Waals surface area (Å²) in [6.45, 7) is 4.57. The lowest BCUT2D eigenvalue weighted by Gasteiger charge is -2.11. The number of benzene rings is 1. The molecule has 0 bridgehead atoms. The molecule has 2 aromatic rings. The third-order valence-corrected chi connectivity index (χ3v) is 2.73. The first-order valence-electron chi connectivity index (χ1n) is 5.78. The highest BCUT2D eigenvalue weighted by Gasteiger charge is 2.06. The van der Waals surface area contributed by atoms with E-state index in [1.54, 1.807) is 10.9 Å². The summed E-state index contributed by atoms with van der Waals surface area (Å²) in [6.07, 6.45) is 1.70. The SMILES string of the molecule is CC(C)Oc1cccc(Cn2ncc(Cl)c2N)c1. The maximum Gasteiger partial charge on any atom is 0.140 e. The van der Waals surface area contributed by atoms with Crippen LogP contribution in [0.15, 0.2) is 30.5 Å². The number of rotatable bonds is 4. The van der Waals surface area contributed by atoms with Gasteiger partial charge in [0.2, 0.25) is 0 Å². The molecule has 5 heteroatoms. The van der Waals surface area contributed by atoms with E-state index in [4.69, 9.17) is 22.1 Å². The molecule has 4 nitrogen and oxygen atoms in total. The van der Waals surface area contributed by atoms with Crippen molar-refractivity contribution in [3.63, 3.8) is 0 Å². The second-order valence-electron chi connectivity index (χ2n) is 4.35. The van der Waals surface area contributed by atoms with Gasteiger partial charge in [-0.25, -0.2) is 4.68 Å². The molecule has 2 N–H and O–H groups in total. The van der Waals surface area contributed by atoms with E-state index in [1.165, 1.54) is 0 Å². The van der Waals surface area contributed by atoms with Gasteiger partial charge >= 0.3 is 0 Å². The summed E-state index contributed by atoms with van der Waals surface area (Å²) < 4.78 is 7.30. The highest BCUT2D eigenvalue weighted by Crippen LogP contribution is 2.20. The van der Waals surface area contributed by atoms with Crippen molar-refractivity contribution in [2.45, 2.75) is 26.5 Å². The second kappa shape index (κ2) is 5.31. The van der Waals surface area contributed by atoms with E-state index < -0.39 is 0 Å². The molecule has 0 atom stereocenters. The van der Waals surface area contributed by atoms with E-state index in [2.05, 4.69) is 5.10 Å². The number of ether oxygens (including phenoxy) is 1. The van der Waals surface area contributed by atoms with Crippen molar-refractivity contribution in [3.05, 3.63) is 41.0 Å². The quantitative estimate of drug-likeness (QED) is 0.925. The molecule has 1 aromatic carbocycles. The Balaban J connectivity index is 2.16. The molecule has 0 aliphatic heterocycles. The minimum absolute atomic E-state index is 0.157. The zero-order valence-corrected chi connectivity index (χ0v) is 11.2. The van der Waals surface area contributed by atoms with Gasteiger partial charge in [-0.05, 0) is 31.5 Å². The third-order valence-electron chi connectivity index (χ3n) is 2.44. The monoisotopic (exact) mass is 265 g/mol. The van der Waals surface area contributed by atoms with E-state index in [1.807, 2.05) is 38.1 Å². The molecule has 18 heavy (non-hydrogen) atoms. The number of nitrogens with zero attached hydrogens (tertiary/aromatic N) is 2. The van der Waals surface area contributed by atoms with Gasteiger partial charge in [-0.2, -0.15) is 5.10 Å². The minimum Gasteiger partial charge on any atom is -0.491 e. The van der Waals surface area contributed by atoms with Crippen LogP contribution >= 0.6 is 11.6 Å². The summed E-state index contributed by atoms with van der Waals surface area (Å²) in [6, 6.07) is 7.87. The smallest absolute Gasteiger partial charge is 0.140 e. The van der Waals surface area contributed by atoms with Crippen molar-refractivity contribution in [1.29, 1.82) is 0 Å². The normalized spacial score (nSPS) is 10.9. The summed E-state index contributed by atoms with van der Waals surface area (Å²) in [5, 5.41) is 4.60. The van der Waals surface area contributed by atoms with Gasteiger partial charge < -0.3 is 10.5 Å². The number of anilines is 1. The zero-order chi connectivity index (χ0) is 13.1. The van der Waals surface area contributed by atoms with E-state index in [-0.39, 0.29) is 6.10 Å². The van der Waals surface area contributed by atoms with Crippen LogP contribution in [-0.2, 0) is 6.54 Å². The summed E-state index contributed by atoms with van der Waals surface area (Å²) in [7, 11) is 0. The van der Waals surface area contributed by atoms with E-state index in [0.717, 1.165) is 11.3 Å². The second-order valence-corrected chi connectivity index (χ2v) is 4.76. The number of hydrogen-bond acceptors (Lipinski definition) is 3. The molecule has 0 aliphatic rings. The number of nitrogen functional groups attached to an aromatic ring is 1. The first-order chi connectivity index (χ1) is 8.56. The Morgan fingerprint density at radius 2 is 2.22 bits per heavy atom. The number of aromatic nitrogens is 2. The average Bonchev–Trinajstić information content (AvgIpc) is 2.61. The van der Waals surface area contributed by atoms with Gasteiger partial charge in [-0.3, -0.25) is 0 Å². The van der Waals surface area contributed by atoms with E-state index in [9.17, 15) is 0 Å². The molecule has 0 fully saturated rings. The first-order valence-corrected chi connectivity index (χ1v) is 6.16. The van der Waals surface area contributed by atoms with Gasteiger partial charge in [0, 0.05) is 0 Å². The molecule has 0 spiro atoms. The van der Waals surface area contributed by atoms with Crippen molar-refractivity contribution in [1.82, 2.24) is 9.78 Å². The number of halogens is 1. The molecule has 0 unspecified atom stereocenters. The van der Waals surface area contributed by atoms with Crippen LogP contribution in [0.25, 0.3) is 0 Å². The van der Waals surface area contributed by atoms with Crippen LogP contribution in [0.1, 0.15) is 19.4 Å². The van der Waals surface area contributed by atoms with Crippen LogP contribution in [0, 0.1) is 0 Å². The fraction of sp³-hybridized carbons (Fsp3) is 0.308. The molecule has 0 amide bonds. The molecule has 2 rings (SSSR count). The van der Waals surface area contributed by atoms with Crippen molar-refractivity contribution < 1.29 is 4.74 Å². The summed E-state index contributed by atoms with van der Waals surface area (Å²) >= 11 is 5.86. The van der Waals surface area contributed by atoms with Gasteiger partial charge in [0.05, 0.1) is 18.8 Å². The largest absolute Gasteiger partial charge is 0.491 e. The van der Waals surface area contributed by atoms with Gasteiger partial charge in [0.25, 0.3) is 0 Å². The minimum atomic E-state index is 0.157. The van der Waals surface area contributed by atoms with Crippen LogP contribution in [0.2, 0.25) is 5.02 Å². The molecule has 1 heterocycles. The average molecular weight is 266 g/mol. The van der Waals surface area contributed by atoms with E-state index >= 15 is 0 Å². The summed E-state index contributed by atoms with van der Waals surface area (Å²) in [5.41, 5.74) is 6.88. The van der Waals surface area contributed by atoms with Crippen molar-refractivity contribution >= 4 is 17.4 Å². The highest BCUT2D eigenvalue weighted by molar-refractivity contribution is 6.32. The molecule has 0 saturated carbocycles. The maximum atomic E-state index is 5.86. The van der Waals surface area contributed by atoms with Gasteiger partial charge in [0.1, 0.15) is 16.6 Å². The van der Waals surface area contributed by atoms with Crippen molar-refractivity contribution in [2.75, 3.05) is 5.73 Å². The standard InChI is InChI=1S/C13H16ClN3O/c1-9(2)18-11-5-3-4-10(6-11)8-17-13(15)12(14)7-16-17/h3-7,9H,8,15H2,1-2H3. The van der Waals surface area contributed by atoms with Gasteiger partial charge in [-0.1, -0.05) is 23.7 Å². The lowest BCUT2D eigenvalue weighted by atomic mass is 10.2. The summed E-state index contributed by atoms with van der Waals surface area (Å²) in [4.78, 5) is 0. The number of nitrogens with two attached hydrogens (primary N) is 1. The number of hydrogen-bond donors (Lipinski definition) is 1. The predicted molar refractivity (Wildman–Crippen MR) is 73.0 cm³/mol. The Morgan fingerprint density at radius 1 is 1.44 bits per heavy atom. The topological polar surface area (TPSA) is 53.1 Å². The lowest BCUT2D eigenvalue weighted by Crippen LogP contribution is -2.08. The van der Waals surface area contributed by atoms with Crippen LogP contribution in [0.5, 0.6) is 5.75 Å². The first kappa shape index (κ1) is 12.8. The Bertz CT molecular complexity index is 537. The van der Waals surface area contributed by atoms with Crippen LogP contribution in [0.4, 0.5) is 5.82 Å². The fourth-order valence-electron chi connectivity index (χ4n) is 1.66. The molecule has 0 saturated heterocycles.